The van der Waals surface area contributed by atoms with Crippen LogP contribution in [0, 0.1) is 6.92 Å². The molecule has 2 aliphatic heterocycles. The average Bonchev–Trinajstić information content (AvgIpc) is 2.39. The number of fused-ring (bicyclic) bond motifs is 3. The molecule has 5 heteroatoms. The molecule has 2 aliphatic rings. The molecule has 0 spiro atoms. The number of hydrogen-bond acceptors (Lipinski definition) is 3. The third kappa shape index (κ3) is 1.67. The fourth-order valence-corrected chi connectivity index (χ4v) is 2.80. The Morgan fingerprint density at radius 1 is 1.41 bits per heavy atom. The van der Waals surface area contributed by atoms with Crippen molar-refractivity contribution in [3.63, 3.8) is 0 Å². The Hall–Kier alpha value is -1.31. The maximum atomic E-state index is 12.0. The number of aryl methyl sites for hydroxylation is 1. The van der Waals surface area contributed by atoms with E-state index < -0.39 is 6.10 Å². The largest absolute Gasteiger partial charge is 0.473 e. The molecule has 0 N–H and O–H groups in total. The zero-order valence-electron chi connectivity index (χ0n) is 8.94. The molecule has 3 rings (SSSR count). The fraction of sp³-hybridized carbons (Fsp3) is 0.167. The molecule has 1 aromatic rings. The van der Waals surface area contributed by atoms with Gasteiger partial charge in [-0.2, -0.15) is 0 Å². The summed E-state index contributed by atoms with van der Waals surface area (Å²) in [5.41, 5.74) is 0.935. The van der Waals surface area contributed by atoms with Gasteiger partial charge in [-0.1, -0.05) is 31.9 Å². The van der Waals surface area contributed by atoms with Gasteiger partial charge in [0.1, 0.15) is 4.77 Å². The first-order valence-electron chi connectivity index (χ1n) is 5.09. The van der Waals surface area contributed by atoms with Gasteiger partial charge in [0.2, 0.25) is 5.78 Å². The van der Waals surface area contributed by atoms with Crippen LogP contribution >= 0.6 is 19.8 Å². The summed E-state index contributed by atoms with van der Waals surface area (Å²) in [5.74, 6) is 2.87. The zero-order chi connectivity index (χ0) is 12.0. The lowest BCUT2D eigenvalue weighted by Gasteiger charge is -2.14. The Balaban J connectivity index is 2.20. The predicted octanol–water partition coefficient (Wildman–Crippen LogP) is 2.87. The molecule has 2 heterocycles. The molecule has 0 saturated heterocycles. The van der Waals surface area contributed by atoms with E-state index in [4.69, 9.17) is 21.1 Å². The van der Waals surface area contributed by atoms with Crippen molar-refractivity contribution in [1.29, 1.82) is 0 Å². The van der Waals surface area contributed by atoms with Gasteiger partial charge in [-0.3, -0.25) is 4.79 Å². The van der Waals surface area contributed by atoms with Gasteiger partial charge in [0.05, 0.1) is 0 Å². The van der Waals surface area contributed by atoms with Crippen molar-refractivity contribution in [3.05, 3.63) is 34.3 Å². The summed E-state index contributed by atoms with van der Waals surface area (Å²) in [4.78, 5) is 12.0. The highest BCUT2D eigenvalue weighted by Crippen LogP contribution is 2.40. The van der Waals surface area contributed by atoms with Crippen LogP contribution in [0.3, 0.4) is 0 Å². The molecular formula is C12H8ClO3P. The summed E-state index contributed by atoms with van der Waals surface area (Å²) in [6, 6.07) is 5.53. The van der Waals surface area contributed by atoms with Crippen LogP contribution in [0.25, 0.3) is 0 Å². The molecule has 1 unspecified atom stereocenters. The number of para-hydroxylation sites is 1. The number of Topliss-reactive ketones (excluding diaryl/α,β-unsaturated/α-hetero) is 1. The summed E-state index contributed by atoms with van der Waals surface area (Å²) in [7, 11) is 0.751. The zero-order valence-corrected chi connectivity index (χ0v) is 10.6. The molecule has 86 valence electrons. The second kappa shape index (κ2) is 3.86. The van der Waals surface area contributed by atoms with E-state index in [9.17, 15) is 4.79 Å². The van der Waals surface area contributed by atoms with Crippen LogP contribution in [0.15, 0.2) is 28.7 Å². The molecule has 2 bridgehead atoms. The van der Waals surface area contributed by atoms with Crippen LogP contribution < -0.4 is 9.47 Å². The second-order valence-corrected chi connectivity index (χ2v) is 5.45. The average molecular weight is 267 g/mol. The van der Waals surface area contributed by atoms with E-state index in [1.807, 2.05) is 19.1 Å². The minimum absolute atomic E-state index is 0.199. The quantitative estimate of drug-likeness (QED) is 0.678. The van der Waals surface area contributed by atoms with Crippen molar-refractivity contribution in [1.82, 2.24) is 0 Å². The van der Waals surface area contributed by atoms with Crippen molar-refractivity contribution in [3.8, 4) is 11.5 Å². The lowest BCUT2D eigenvalue weighted by Crippen LogP contribution is -2.31. The number of ketones is 1. The van der Waals surface area contributed by atoms with E-state index in [0.29, 0.717) is 16.3 Å². The number of rotatable bonds is 0. The first-order valence-corrected chi connectivity index (χ1v) is 6.43. The van der Waals surface area contributed by atoms with E-state index in [-0.39, 0.29) is 11.5 Å². The van der Waals surface area contributed by atoms with E-state index >= 15 is 0 Å². The number of carbonyl (C=O) groups is 1. The van der Waals surface area contributed by atoms with E-state index in [1.165, 1.54) is 0 Å². The molecule has 1 atom stereocenters. The summed E-state index contributed by atoms with van der Waals surface area (Å²) in [6.07, 6.45) is -0.600. The Bertz CT molecular complexity index is 577. The van der Waals surface area contributed by atoms with E-state index in [2.05, 4.69) is 0 Å². The van der Waals surface area contributed by atoms with Crippen molar-refractivity contribution in [2.75, 3.05) is 0 Å². The first kappa shape index (κ1) is 10.8. The molecule has 3 nitrogen and oxygen atoms in total. The second-order valence-electron chi connectivity index (χ2n) is 3.81. The van der Waals surface area contributed by atoms with Gasteiger partial charge >= 0.3 is 0 Å². The van der Waals surface area contributed by atoms with Gasteiger partial charge in [0, 0.05) is 0 Å². The monoisotopic (exact) mass is 266 g/mol. The van der Waals surface area contributed by atoms with Crippen LogP contribution in [0.2, 0.25) is 0 Å². The topological polar surface area (TPSA) is 35.5 Å². The maximum absolute atomic E-state index is 12.0. The Labute approximate surface area is 105 Å². The molecule has 1 aromatic carbocycles. The van der Waals surface area contributed by atoms with Gasteiger partial charge < -0.3 is 9.47 Å². The van der Waals surface area contributed by atoms with Crippen molar-refractivity contribution >= 4 is 31.4 Å². The Morgan fingerprint density at radius 3 is 3.06 bits per heavy atom. The molecule has 0 fully saturated rings. The molecule has 0 radical (unpaired) electrons. The van der Waals surface area contributed by atoms with Crippen molar-refractivity contribution < 1.29 is 14.3 Å². The highest BCUT2D eigenvalue weighted by atomic mass is 35.5. The number of carbonyl (C=O) groups excluding carboxylic acids is 1. The third-order valence-electron chi connectivity index (χ3n) is 2.63. The van der Waals surface area contributed by atoms with E-state index in [0.717, 1.165) is 13.8 Å². The number of hydrogen-bond donors (Lipinski definition) is 0. The number of halogens is 1. The lowest BCUT2D eigenvalue weighted by molar-refractivity contribution is -0.120. The van der Waals surface area contributed by atoms with Crippen LogP contribution in [0.1, 0.15) is 5.56 Å². The fourth-order valence-electron chi connectivity index (χ4n) is 1.76. The van der Waals surface area contributed by atoms with Gasteiger partial charge in [-0.15, -0.1) is 0 Å². The minimum Gasteiger partial charge on any atom is -0.473 e. The number of benzene rings is 1. The molecular weight excluding hydrogens is 259 g/mol. The lowest BCUT2D eigenvalue weighted by atomic mass is 10.2. The molecule has 0 aliphatic carbocycles. The summed E-state index contributed by atoms with van der Waals surface area (Å²) < 4.78 is 11.7. The van der Waals surface area contributed by atoms with Crippen molar-refractivity contribution in [2.24, 2.45) is 0 Å². The maximum Gasteiger partial charge on any atom is 0.244 e. The number of ether oxygens (including phenoxy) is 2. The summed E-state index contributed by atoms with van der Waals surface area (Å²) in [6.45, 7) is 1.91. The first-order chi connectivity index (χ1) is 8.16. The van der Waals surface area contributed by atoms with Crippen LogP contribution in [0.4, 0.5) is 0 Å². The Morgan fingerprint density at radius 2 is 2.24 bits per heavy atom. The van der Waals surface area contributed by atoms with Crippen LogP contribution in [-0.2, 0) is 4.79 Å². The van der Waals surface area contributed by atoms with Crippen molar-refractivity contribution in [2.45, 2.75) is 13.0 Å². The van der Waals surface area contributed by atoms with E-state index in [1.54, 1.807) is 11.9 Å². The van der Waals surface area contributed by atoms with Crippen LogP contribution in [0.5, 0.6) is 11.5 Å². The summed E-state index contributed by atoms with van der Waals surface area (Å²) >= 11 is 5.99. The highest BCUT2D eigenvalue weighted by Gasteiger charge is 2.34. The predicted molar refractivity (Wildman–Crippen MR) is 67.1 cm³/mol. The third-order valence-corrected chi connectivity index (χ3v) is 3.94. The van der Waals surface area contributed by atoms with Gasteiger partial charge in [0.15, 0.2) is 23.4 Å². The van der Waals surface area contributed by atoms with Gasteiger partial charge in [0.25, 0.3) is 0 Å². The molecule has 17 heavy (non-hydrogen) atoms. The SMILES string of the molecule is Cc1cccc2c1OC1C=PC(Cl)=C(O2)C1=O. The molecule has 0 amide bonds. The molecule has 0 aromatic heterocycles. The highest BCUT2D eigenvalue weighted by molar-refractivity contribution is 7.47. The smallest absolute Gasteiger partial charge is 0.244 e. The standard InChI is InChI=1S/C12H8ClO3P/c1-6-3-2-4-7-10(6)16-8-5-17-12(13)11(15-7)9(8)14/h2-5,8H,1H3. The minimum atomic E-state index is -0.600. The molecule has 0 saturated carbocycles. The van der Waals surface area contributed by atoms with Gasteiger partial charge in [-0.25, -0.2) is 0 Å². The van der Waals surface area contributed by atoms with Gasteiger partial charge in [-0.05, 0) is 24.4 Å². The Kier molecular flexibility index (Phi) is 2.46. The summed E-state index contributed by atoms with van der Waals surface area (Å²) in [5, 5.41) is 0. The normalized spacial score (nSPS) is 22.5. The van der Waals surface area contributed by atoms with Crippen LogP contribution in [-0.4, -0.2) is 17.7 Å².